The highest BCUT2D eigenvalue weighted by Gasteiger charge is 2.29. The summed E-state index contributed by atoms with van der Waals surface area (Å²) < 4.78 is 0. The first-order valence-electron chi connectivity index (χ1n) is 6.23. The minimum Gasteiger partial charge on any atom is -0.271 e. The van der Waals surface area contributed by atoms with Crippen molar-refractivity contribution in [1.29, 1.82) is 0 Å². The number of aryl methyl sites for hydroxylation is 1. The second-order valence-electron chi connectivity index (χ2n) is 5.24. The summed E-state index contributed by atoms with van der Waals surface area (Å²) >= 11 is 0. The van der Waals surface area contributed by atoms with E-state index >= 15 is 0 Å². The monoisotopic (exact) mass is 218 g/mol. The third-order valence-electron chi connectivity index (χ3n) is 3.79. The van der Waals surface area contributed by atoms with Crippen LogP contribution in [0.5, 0.6) is 0 Å². The lowest BCUT2D eigenvalue weighted by atomic mass is 9.91. The molecule has 0 heterocycles. The Morgan fingerprint density at radius 3 is 2.75 bits per heavy atom. The summed E-state index contributed by atoms with van der Waals surface area (Å²) in [6.45, 7) is 4.47. The van der Waals surface area contributed by atoms with Gasteiger partial charge in [0.15, 0.2) is 0 Å². The first kappa shape index (κ1) is 11.6. The standard InChI is InChI=1S/C14H22N2/c1-10-4-3-5-12(8-10)14(16-15)13-7-6-11(2)9-13/h3-5,8,11,13-14,16H,6-7,9,15H2,1-2H3. The summed E-state index contributed by atoms with van der Waals surface area (Å²) in [5.41, 5.74) is 5.65. The zero-order chi connectivity index (χ0) is 11.5. The predicted octanol–water partition coefficient (Wildman–Crippen LogP) is 2.94. The van der Waals surface area contributed by atoms with E-state index in [1.165, 1.54) is 30.4 Å². The zero-order valence-corrected chi connectivity index (χ0v) is 10.2. The molecule has 0 aliphatic heterocycles. The fraction of sp³-hybridized carbons (Fsp3) is 0.571. The first-order valence-corrected chi connectivity index (χ1v) is 6.23. The number of rotatable bonds is 3. The molecule has 3 N–H and O–H groups in total. The highest BCUT2D eigenvalue weighted by atomic mass is 15.2. The second-order valence-corrected chi connectivity index (χ2v) is 5.24. The molecular weight excluding hydrogens is 196 g/mol. The minimum absolute atomic E-state index is 0.324. The van der Waals surface area contributed by atoms with Gasteiger partial charge >= 0.3 is 0 Å². The molecule has 1 saturated carbocycles. The third kappa shape index (κ3) is 2.45. The maximum absolute atomic E-state index is 5.73. The smallest absolute Gasteiger partial charge is 0.0488 e. The molecule has 1 aliphatic carbocycles. The number of nitrogens with two attached hydrogens (primary N) is 1. The zero-order valence-electron chi connectivity index (χ0n) is 10.2. The molecule has 1 aromatic carbocycles. The van der Waals surface area contributed by atoms with Crippen LogP contribution in [0.4, 0.5) is 0 Å². The number of hydrogen-bond acceptors (Lipinski definition) is 2. The van der Waals surface area contributed by atoms with Crippen molar-refractivity contribution in [2.45, 2.75) is 39.2 Å². The first-order chi connectivity index (χ1) is 7.70. The molecule has 2 nitrogen and oxygen atoms in total. The fourth-order valence-corrected chi connectivity index (χ4v) is 2.92. The molecule has 0 aromatic heterocycles. The van der Waals surface area contributed by atoms with E-state index in [9.17, 15) is 0 Å². The Hall–Kier alpha value is -0.860. The molecular formula is C14H22N2. The Morgan fingerprint density at radius 1 is 1.38 bits per heavy atom. The van der Waals surface area contributed by atoms with E-state index in [0.29, 0.717) is 12.0 Å². The third-order valence-corrected chi connectivity index (χ3v) is 3.79. The Bertz CT molecular complexity index is 348. The van der Waals surface area contributed by atoms with Gasteiger partial charge in [0.1, 0.15) is 0 Å². The van der Waals surface area contributed by atoms with E-state index in [0.717, 1.165) is 5.92 Å². The average Bonchev–Trinajstić information content (AvgIpc) is 2.66. The topological polar surface area (TPSA) is 38.0 Å². The number of nitrogens with one attached hydrogen (secondary N) is 1. The van der Waals surface area contributed by atoms with Crippen LogP contribution in [-0.2, 0) is 0 Å². The van der Waals surface area contributed by atoms with Gasteiger partial charge in [-0.05, 0) is 37.2 Å². The number of benzene rings is 1. The molecule has 0 bridgehead atoms. The lowest BCUT2D eigenvalue weighted by molar-refractivity contribution is 0.364. The summed E-state index contributed by atoms with van der Waals surface area (Å²) in [7, 11) is 0. The predicted molar refractivity (Wildman–Crippen MR) is 67.7 cm³/mol. The maximum atomic E-state index is 5.73. The lowest BCUT2D eigenvalue weighted by Gasteiger charge is -2.23. The lowest BCUT2D eigenvalue weighted by Crippen LogP contribution is -2.32. The van der Waals surface area contributed by atoms with Crippen molar-refractivity contribution in [2.75, 3.05) is 0 Å². The van der Waals surface area contributed by atoms with Crippen LogP contribution in [-0.4, -0.2) is 0 Å². The molecule has 0 radical (unpaired) electrons. The van der Waals surface area contributed by atoms with Gasteiger partial charge < -0.3 is 0 Å². The number of hydrogen-bond donors (Lipinski definition) is 2. The highest BCUT2D eigenvalue weighted by Crippen LogP contribution is 2.38. The van der Waals surface area contributed by atoms with Crippen LogP contribution in [0.25, 0.3) is 0 Å². The molecule has 16 heavy (non-hydrogen) atoms. The van der Waals surface area contributed by atoms with Crippen LogP contribution in [0.2, 0.25) is 0 Å². The molecule has 2 rings (SSSR count). The van der Waals surface area contributed by atoms with Crippen LogP contribution in [0.15, 0.2) is 24.3 Å². The van der Waals surface area contributed by atoms with E-state index in [1.807, 2.05) is 0 Å². The van der Waals surface area contributed by atoms with Crippen LogP contribution in [0.3, 0.4) is 0 Å². The highest BCUT2D eigenvalue weighted by molar-refractivity contribution is 5.25. The average molecular weight is 218 g/mol. The van der Waals surface area contributed by atoms with E-state index in [-0.39, 0.29) is 0 Å². The van der Waals surface area contributed by atoms with E-state index in [2.05, 4.69) is 43.5 Å². The molecule has 3 atom stereocenters. The molecule has 88 valence electrons. The molecule has 3 unspecified atom stereocenters. The summed E-state index contributed by atoms with van der Waals surface area (Å²) in [5, 5.41) is 0. The Kier molecular flexibility index (Phi) is 3.62. The Balaban J connectivity index is 2.16. The quantitative estimate of drug-likeness (QED) is 0.604. The van der Waals surface area contributed by atoms with Crippen molar-refractivity contribution in [3.63, 3.8) is 0 Å². The maximum Gasteiger partial charge on any atom is 0.0488 e. The molecule has 1 fully saturated rings. The summed E-state index contributed by atoms with van der Waals surface area (Å²) in [6, 6.07) is 9.00. The van der Waals surface area contributed by atoms with E-state index in [4.69, 9.17) is 5.84 Å². The van der Waals surface area contributed by atoms with Gasteiger partial charge in [-0.1, -0.05) is 43.2 Å². The SMILES string of the molecule is Cc1cccc(C(NN)C2CCC(C)C2)c1. The molecule has 0 amide bonds. The van der Waals surface area contributed by atoms with Crippen LogP contribution >= 0.6 is 0 Å². The van der Waals surface area contributed by atoms with Crippen molar-refractivity contribution in [3.05, 3.63) is 35.4 Å². The molecule has 1 aliphatic rings. The van der Waals surface area contributed by atoms with E-state index in [1.54, 1.807) is 0 Å². The van der Waals surface area contributed by atoms with Crippen LogP contribution in [0, 0.1) is 18.8 Å². The molecule has 0 saturated heterocycles. The van der Waals surface area contributed by atoms with Gasteiger partial charge in [-0.3, -0.25) is 11.3 Å². The van der Waals surface area contributed by atoms with Gasteiger partial charge in [0.25, 0.3) is 0 Å². The summed E-state index contributed by atoms with van der Waals surface area (Å²) in [4.78, 5) is 0. The summed E-state index contributed by atoms with van der Waals surface area (Å²) in [6.07, 6.45) is 3.93. The van der Waals surface area contributed by atoms with Crippen molar-refractivity contribution < 1.29 is 0 Å². The van der Waals surface area contributed by atoms with Gasteiger partial charge in [0, 0.05) is 6.04 Å². The van der Waals surface area contributed by atoms with Gasteiger partial charge in [-0.2, -0.15) is 0 Å². The van der Waals surface area contributed by atoms with Gasteiger partial charge in [-0.25, -0.2) is 0 Å². The van der Waals surface area contributed by atoms with Gasteiger partial charge in [0.05, 0.1) is 0 Å². The normalized spacial score (nSPS) is 26.9. The van der Waals surface area contributed by atoms with Crippen LogP contribution in [0.1, 0.15) is 43.4 Å². The molecule has 0 spiro atoms. The Morgan fingerprint density at radius 2 is 2.19 bits per heavy atom. The molecule has 1 aromatic rings. The van der Waals surface area contributed by atoms with Gasteiger partial charge in [-0.15, -0.1) is 0 Å². The van der Waals surface area contributed by atoms with Gasteiger partial charge in [0.2, 0.25) is 0 Å². The van der Waals surface area contributed by atoms with Crippen molar-refractivity contribution in [2.24, 2.45) is 17.7 Å². The molecule has 2 heteroatoms. The van der Waals surface area contributed by atoms with Crippen molar-refractivity contribution >= 4 is 0 Å². The summed E-state index contributed by atoms with van der Waals surface area (Å²) in [5.74, 6) is 7.28. The van der Waals surface area contributed by atoms with Crippen LogP contribution < -0.4 is 11.3 Å². The van der Waals surface area contributed by atoms with Crippen molar-refractivity contribution in [3.8, 4) is 0 Å². The second kappa shape index (κ2) is 4.98. The fourth-order valence-electron chi connectivity index (χ4n) is 2.92. The largest absolute Gasteiger partial charge is 0.271 e. The number of hydrazine groups is 1. The minimum atomic E-state index is 0.324. The van der Waals surface area contributed by atoms with E-state index < -0.39 is 0 Å². The Labute approximate surface area is 98.2 Å². The van der Waals surface area contributed by atoms with Crippen molar-refractivity contribution in [1.82, 2.24) is 5.43 Å².